The Morgan fingerprint density at radius 3 is 2.26 bits per heavy atom. The van der Waals surface area contributed by atoms with Crippen molar-refractivity contribution in [3.8, 4) is 11.1 Å². The Morgan fingerprint density at radius 1 is 1.10 bits per heavy atom. The fraction of sp³-hybridized carbons (Fsp3) is 0.375. The number of ether oxygens (including phenoxy) is 1. The summed E-state index contributed by atoms with van der Waals surface area (Å²) >= 11 is 0. The monoisotopic (exact) mass is 422 g/mol. The smallest absolute Gasteiger partial charge is 0.407 e. The highest BCUT2D eigenvalue weighted by Gasteiger charge is 2.45. The molecule has 2 amide bonds. The number of carbonyl (C=O) groups is 3. The summed E-state index contributed by atoms with van der Waals surface area (Å²) in [4.78, 5) is 36.9. The van der Waals surface area contributed by atoms with E-state index < -0.39 is 18.1 Å². The predicted octanol–water partition coefficient (Wildman–Crippen LogP) is 3.09. The van der Waals surface area contributed by atoms with Crippen molar-refractivity contribution in [3.05, 3.63) is 59.7 Å². The number of benzene rings is 2. The van der Waals surface area contributed by atoms with Crippen LogP contribution < -0.4 is 5.32 Å². The van der Waals surface area contributed by atoms with Crippen molar-refractivity contribution in [2.45, 2.75) is 25.3 Å². The number of carboxylic acids is 1. The molecule has 2 N–H and O–H groups in total. The SMILES string of the molecule is C[C@@H](C(=O)O)N(C)C(=O)C1CC1CNC(=O)OCC1c2ccccc2-c2ccccc21. The number of hydrogen-bond donors (Lipinski definition) is 2. The summed E-state index contributed by atoms with van der Waals surface area (Å²) in [5, 5.41) is 11.8. The highest BCUT2D eigenvalue weighted by Crippen LogP contribution is 2.44. The average molecular weight is 422 g/mol. The first-order chi connectivity index (χ1) is 14.9. The van der Waals surface area contributed by atoms with Crippen LogP contribution >= 0.6 is 0 Å². The molecule has 4 rings (SSSR count). The summed E-state index contributed by atoms with van der Waals surface area (Å²) in [5.41, 5.74) is 4.65. The number of hydrogen-bond acceptors (Lipinski definition) is 4. The minimum Gasteiger partial charge on any atom is -0.480 e. The summed E-state index contributed by atoms with van der Waals surface area (Å²) in [6, 6.07) is 15.4. The third-order valence-electron chi connectivity index (χ3n) is 6.38. The number of likely N-dealkylation sites (N-methyl/N-ethyl adjacent to an activating group) is 1. The van der Waals surface area contributed by atoms with Gasteiger partial charge in [-0.1, -0.05) is 48.5 Å². The second-order valence-electron chi connectivity index (χ2n) is 8.27. The van der Waals surface area contributed by atoms with Gasteiger partial charge in [0, 0.05) is 25.4 Å². The molecule has 0 heterocycles. The third-order valence-corrected chi connectivity index (χ3v) is 6.38. The fourth-order valence-electron chi connectivity index (χ4n) is 4.26. The van der Waals surface area contributed by atoms with Gasteiger partial charge in [0.2, 0.25) is 5.91 Å². The summed E-state index contributed by atoms with van der Waals surface area (Å²) in [6.07, 6.45) is 0.131. The minimum atomic E-state index is -1.04. The van der Waals surface area contributed by atoms with Crippen LogP contribution in [0.15, 0.2) is 48.5 Å². The number of carboxylic acid groups (broad SMARTS) is 1. The Bertz CT molecular complexity index is 975. The topological polar surface area (TPSA) is 95.9 Å². The number of nitrogens with one attached hydrogen (secondary N) is 1. The van der Waals surface area contributed by atoms with E-state index in [1.165, 1.54) is 30.0 Å². The van der Waals surface area contributed by atoms with E-state index in [-0.39, 0.29) is 30.3 Å². The van der Waals surface area contributed by atoms with E-state index >= 15 is 0 Å². The van der Waals surface area contributed by atoms with Gasteiger partial charge in [-0.25, -0.2) is 9.59 Å². The number of nitrogens with zero attached hydrogens (tertiary/aromatic N) is 1. The second-order valence-corrected chi connectivity index (χ2v) is 8.27. The molecule has 2 aliphatic rings. The molecule has 7 nitrogen and oxygen atoms in total. The first-order valence-electron chi connectivity index (χ1n) is 10.5. The summed E-state index contributed by atoms with van der Waals surface area (Å²) in [6.45, 7) is 2.06. The molecule has 0 spiro atoms. The van der Waals surface area contributed by atoms with Crippen molar-refractivity contribution in [2.24, 2.45) is 11.8 Å². The van der Waals surface area contributed by atoms with Gasteiger partial charge in [-0.15, -0.1) is 0 Å². The molecule has 0 aliphatic heterocycles. The molecule has 31 heavy (non-hydrogen) atoms. The van der Waals surface area contributed by atoms with Gasteiger partial charge in [0.05, 0.1) is 0 Å². The van der Waals surface area contributed by atoms with Gasteiger partial charge in [0.25, 0.3) is 0 Å². The number of carbonyl (C=O) groups excluding carboxylic acids is 2. The fourth-order valence-corrected chi connectivity index (χ4v) is 4.26. The zero-order valence-electron chi connectivity index (χ0n) is 17.6. The van der Waals surface area contributed by atoms with Gasteiger partial charge in [0.1, 0.15) is 12.6 Å². The number of amides is 2. The second kappa shape index (κ2) is 8.41. The summed E-state index contributed by atoms with van der Waals surface area (Å²) in [7, 11) is 1.50. The first-order valence-corrected chi connectivity index (χ1v) is 10.5. The van der Waals surface area contributed by atoms with Crippen LogP contribution in [0.1, 0.15) is 30.4 Å². The molecular weight excluding hydrogens is 396 g/mol. The molecule has 2 unspecified atom stereocenters. The minimum absolute atomic E-state index is 0.000410. The quantitative estimate of drug-likeness (QED) is 0.715. The molecule has 0 bridgehead atoms. The van der Waals surface area contributed by atoms with Crippen LogP contribution in [0.5, 0.6) is 0 Å². The number of rotatable bonds is 7. The van der Waals surface area contributed by atoms with Crippen molar-refractivity contribution in [1.29, 1.82) is 0 Å². The molecule has 1 saturated carbocycles. The molecule has 7 heteroatoms. The van der Waals surface area contributed by atoms with Gasteiger partial charge in [-0.2, -0.15) is 0 Å². The Morgan fingerprint density at radius 2 is 1.68 bits per heavy atom. The van der Waals surface area contributed by atoms with E-state index in [1.807, 2.05) is 24.3 Å². The van der Waals surface area contributed by atoms with Crippen molar-refractivity contribution >= 4 is 18.0 Å². The zero-order chi connectivity index (χ0) is 22.1. The van der Waals surface area contributed by atoms with Gasteiger partial charge < -0.3 is 20.1 Å². The van der Waals surface area contributed by atoms with Gasteiger partial charge >= 0.3 is 12.1 Å². The third kappa shape index (κ3) is 4.13. The van der Waals surface area contributed by atoms with Crippen LogP contribution in [0.25, 0.3) is 11.1 Å². The lowest BCUT2D eigenvalue weighted by molar-refractivity contribution is -0.148. The first kappa shape index (κ1) is 20.9. The van der Waals surface area contributed by atoms with Gasteiger partial charge in [-0.05, 0) is 41.5 Å². The van der Waals surface area contributed by atoms with Crippen LogP contribution in [0.4, 0.5) is 4.79 Å². The maximum Gasteiger partial charge on any atom is 0.407 e. The van der Waals surface area contributed by atoms with E-state index in [0.29, 0.717) is 13.0 Å². The largest absolute Gasteiger partial charge is 0.480 e. The normalized spacial score (nSPS) is 19.7. The Hall–Kier alpha value is -3.35. The predicted molar refractivity (Wildman–Crippen MR) is 115 cm³/mol. The van der Waals surface area contributed by atoms with E-state index in [2.05, 4.69) is 29.6 Å². The standard InChI is InChI=1S/C24H26N2O5/c1-14(23(28)29)26(2)22(27)20-11-15(20)12-25-24(30)31-13-21-18-9-5-3-7-16(18)17-8-4-6-10-19(17)21/h3-10,14-15,20-21H,11-13H2,1-2H3,(H,25,30)(H,28,29)/t14-,15?,20?/m0/s1. The molecule has 0 aromatic heterocycles. The Balaban J connectivity index is 1.28. The number of alkyl carbamates (subject to hydrolysis) is 1. The van der Waals surface area contributed by atoms with Gasteiger partial charge in [-0.3, -0.25) is 4.79 Å². The van der Waals surface area contributed by atoms with Crippen molar-refractivity contribution in [1.82, 2.24) is 10.2 Å². The van der Waals surface area contributed by atoms with Crippen molar-refractivity contribution in [2.75, 3.05) is 20.2 Å². The van der Waals surface area contributed by atoms with E-state index in [0.717, 1.165) is 11.1 Å². The zero-order valence-corrected chi connectivity index (χ0v) is 17.6. The average Bonchev–Trinajstić information content (AvgIpc) is 3.49. The molecule has 2 aromatic rings. The molecule has 2 aliphatic carbocycles. The maximum absolute atomic E-state index is 12.4. The molecular formula is C24H26N2O5. The summed E-state index contributed by atoms with van der Waals surface area (Å²) < 4.78 is 5.51. The summed E-state index contributed by atoms with van der Waals surface area (Å²) in [5.74, 6) is -1.48. The Labute approximate surface area is 181 Å². The lowest BCUT2D eigenvalue weighted by atomic mass is 9.98. The highest BCUT2D eigenvalue weighted by molar-refractivity contribution is 5.86. The van der Waals surface area contributed by atoms with Gasteiger partial charge in [0.15, 0.2) is 0 Å². The van der Waals surface area contributed by atoms with Crippen LogP contribution in [0.3, 0.4) is 0 Å². The molecule has 162 valence electrons. The number of fused-ring (bicyclic) bond motifs is 3. The lowest BCUT2D eigenvalue weighted by Gasteiger charge is -2.21. The molecule has 3 atom stereocenters. The van der Waals surface area contributed by atoms with Crippen LogP contribution in [-0.2, 0) is 14.3 Å². The van der Waals surface area contributed by atoms with Crippen molar-refractivity contribution in [3.63, 3.8) is 0 Å². The van der Waals surface area contributed by atoms with E-state index in [1.54, 1.807) is 0 Å². The Kier molecular flexibility index (Phi) is 5.67. The lowest BCUT2D eigenvalue weighted by Crippen LogP contribution is -2.41. The maximum atomic E-state index is 12.4. The van der Waals surface area contributed by atoms with E-state index in [9.17, 15) is 14.4 Å². The van der Waals surface area contributed by atoms with Crippen LogP contribution in [0.2, 0.25) is 0 Å². The molecule has 2 aromatic carbocycles. The van der Waals surface area contributed by atoms with E-state index in [4.69, 9.17) is 9.84 Å². The molecule has 0 radical (unpaired) electrons. The number of aliphatic carboxylic acids is 1. The molecule has 1 fully saturated rings. The molecule has 0 saturated heterocycles. The van der Waals surface area contributed by atoms with Crippen molar-refractivity contribution < 1.29 is 24.2 Å². The highest BCUT2D eigenvalue weighted by atomic mass is 16.5. The van der Waals surface area contributed by atoms with Crippen LogP contribution in [0, 0.1) is 11.8 Å². The van der Waals surface area contributed by atoms with Crippen LogP contribution in [-0.4, -0.2) is 54.2 Å².